The number of pyridine rings is 1. The van der Waals surface area contributed by atoms with Gasteiger partial charge in [0, 0.05) is 34.3 Å². The highest BCUT2D eigenvalue weighted by molar-refractivity contribution is 6.30. The second-order valence-corrected chi connectivity index (χ2v) is 8.54. The van der Waals surface area contributed by atoms with E-state index in [9.17, 15) is 14.4 Å². The second kappa shape index (κ2) is 10.5. The molecule has 0 saturated carbocycles. The van der Waals surface area contributed by atoms with Crippen molar-refractivity contribution in [1.82, 2.24) is 10.3 Å². The van der Waals surface area contributed by atoms with Gasteiger partial charge in [0.05, 0.1) is 19.7 Å². The first-order chi connectivity index (χ1) is 17.3. The molecule has 0 aliphatic carbocycles. The zero-order valence-corrected chi connectivity index (χ0v) is 20.7. The predicted molar refractivity (Wildman–Crippen MR) is 139 cm³/mol. The Morgan fingerprint density at radius 1 is 0.944 bits per heavy atom. The summed E-state index contributed by atoms with van der Waals surface area (Å²) in [6, 6.07) is 17.0. The van der Waals surface area contributed by atoms with Crippen molar-refractivity contribution >= 4 is 40.0 Å². The number of aromatic nitrogens is 1. The Labute approximate surface area is 212 Å². The van der Waals surface area contributed by atoms with Crippen molar-refractivity contribution < 1.29 is 19.1 Å². The molecule has 4 rings (SSSR count). The number of H-pyrrole nitrogens is 1. The molecule has 0 bridgehead atoms. The molecule has 0 atom stereocenters. The van der Waals surface area contributed by atoms with Crippen molar-refractivity contribution in [3.63, 3.8) is 0 Å². The Kier molecular flexibility index (Phi) is 7.26. The first kappa shape index (κ1) is 24.8. The van der Waals surface area contributed by atoms with E-state index in [0.717, 1.165) is 11.1 Å². The minimum absolute atomic E-state index is 0.0788. The lowest BCUT2D eigenvalue weighted by molar-refractivity contribution is 0.0949. The van der Waals surface area contributed by atoms with Gasteiger partial charge in [-0.15, -0.1) is 0 Å². The number of aromatic amines is 1. The van der Waals surface area contributed by atoms with Gasteiger partial charge < -0.3 is 25.1 Å². The number of carbonyl (C=O) groups is 2. The number of hydrogen-bond acceptors (Lipinski definition) is 5. The van der Waals surface area contributed by atoms with E-state index >= 15 is 0 Å². The molecule has 0 spiro atoms. The van der Waals surface area contributed by atoms with E-state index in [1.807, 2.05) is 12.1 Å². The van der Waals surface area contributed by atoms with Crippen LogP contribution in [0.1, 0.15) is 31.8 Å². The van der Waals surface area contributed by atoms with Crippen molar-refractivity contribution in [3.8, 4) is 11.5 Å². The third-order valence-corrected chi connectivity index (χ3v) is 5.92. The topological polar surface area (TPSA) is 110 Å². The van der Waals surface area contributed by atoms with Gasteiger partial charge in [-0.05, 0) is 54.4 Å². The summed E-state index contributed by atoms with van der Waals surface area (Å²) < 4.78 is 10.6. The highest BCUT2D eigenvalue weighted by Crippen LogP contribution is 2.31. The molecular formula is C27H24ClN3O5. The molecule has 0 aliphatic heterocycles. The van der Waals surface area contributed by atoms with Gasteiger partial charge in [-0.3, -0.25) is 14.4 Å². The number of halogens is 1. The average Bonchev–Trinajstić information content (AvgIpc) is 2.87. The molecule has 2 amide bonds. The number of hydrogen-bond donors (Lipinski definition) is 3. The van der Waals surface area contributed by atoms with Crippen LogP contribution in [0, 0.1) is 6.92 Å². The number of benzene rings is 3. The summed E-state index contributed by atoms with van der Waals surface area (Å²) in [7, 11) is 3.00. The zero-order valence-electron chi connectivity index (χ0n) is 19.9. The van der Waals surface area contributed by atoms with Gasteiger partial charge in [0.15, 0.2) is 11.5 Å². The number of amides is 2. The van der Waals surface area contributed by atoms with Crippen LogP contribution in [0.25, 0.3) is 10.9 Å². The number of anilines is 1. The summed E-state index contributed by atoms with van der Waals surface area (Å²) >= 11 is 6.00. The number of nitrogens with one attached hydrogen (secondary N) is 3. The maximum atomic E-state index is 13.0. The quantitative estimate of drug-likeness (QED) is 0.337. The van der Waals surface area contributed by atoms with E-state index in [-0.39, 0.29) is 11.5 Å². The molecule has 0 fully saturated rings. The lowest BCUT2D eigenvalue weighted by atomic mass is 10.1. The third kappa shape index (κ3) is 5.34. The normalized spacial score (nSPS) is 10.7. The molecular weight excluding hydrogens is 482 g/mol. The number of ether oxygens (including phenoxy) is 2. The molecule has 1 aromatic heterocycles. The average molecular weight is 506 g/mol. The van der Waals surface area contributed by atoms with Crippen molar-refractivity contribution in [2.75, 3.05) is 19.5 Å². The van der Waals surface area contributed by atoms with Gasteiger partial charge in [-0.2, -0.15) is 0 Å². The SMILES string of the molecule is COc1cc2cc(C(=O)Nc3cc(C(=O)NCc4cccc(Cl)c4)ccc3C)c(=O)[nH]c2cc1OC. The maximum Gasteiger partial charge on any atom is 0.261 e. The van der Waals surface area contributed by atoms with Gasteiger partial charge in [0.2, 0.25) is 0 Å². The molecule has 4 aromatic rings. The van der Waals surface area contributed by atoms with E-state index in [2.05, 4.69) is 15.6 Å². The van der Waals surface area contributed by atoms with Crippen LogP contribution in [0.15, 0.2) is 65.5 Å². The van der Waals surface area contributed by atoms with Crippen molar-refractivity contribution in [2.45, 2.75) is 13.5 Å². The Morgan fingerprint density at radius 3 is 2.42 bits per heavy atom. The molecule has 8 nitrogen and oxygen atoms in total. The Balaban J connectivity index is 1.56. The summed E-state index contributed by atoms with van der Waals surface area (Å²) in [6.45, 7) is 2.10. The molecule has 0 unspecified atom stereocenters. The van der Waals surface area contributed by atoms with Crippen LogP contribution in [-0.4, -0.2) is 31.0 Å². The van der Waals surface area contributed by atoms with Crippen molar-refractivity contribution in [1.29, 1.82) is 0 Å². The number of carbonyl (C=O) groups excluding carboxylic acids is 2. The number of methoxy groups -OCH3 is 2. The van der Waals surface area contributed by atoms with Crippen LogP contribution in [-0.2, 0) is 6.54 Å². The van der Waals surface area contributed by atoms with Crippen LogP contribution < -0.4 is 25.7 Å². The van der Waals surface area contributed by atoms with Crippen LogP contribution in [0.4, 0.5) is 5.69 Å². The number of rotatable bonds is 7. The molecule has 0 radical (unpaired) electrons. The molecule has 3 N–H and O–H groups in total. The molecule has 0 aliphatic rings. The lowest BCUT2D eigenvalue weighted by Crippen LogP contribution is -2.25. The van der Waals surface area contributed by atoms with E-state index in [1.54, 1.807) is 49.4 Å². The van der Waals surface area contributed by atoms with Gasteiger partial charge >= 0.3 is 0 Å². The standard InChI is InChI=1S/C27H24ClN3O5/c1-15-7-8-17(25(32)29-14-16-5-4-6-19(28)9-16)11-21(15)30-26(33)20-10-18-12-23(35-2)24(36-3)13-22(18)31-27(20)34/h4-13H,14H2,1-3H3,(H,29,32)(H,30,33)(H,31,34). The first-order valence-corrected chi connectivity index (χ1v) is 11.4. The van der Waals surface area contributed by atoms with Crippen molar-refractivity contribution in [2.24, 2.45) is 0 Å². The molecule has 1 heterocycles. The highest BCUT2D eigenvalue weighted by Gasteiger charge is 2.16. The number of fused-ring (bicyclic) bond motifs is 1. The maximum absolute atomic E-state index is 13.0. The summed E-state index contributed by atoms with van der Waals surface area (Å²) in [4.78, 5) is 41.1. The van der Waals surface area contributed by atoms with Crippen LogP contribution >= 0.6 is 11.6 Å². The molecule has 184 valence electrons. The molecule has 3 aromatic carbocycles. The Hall–Kier alpha value is -4.30. The smallest absolute Gasteiger partial charge is 0.261 e. The van der Waals surface area contributed by atoms with Crippen LogP contribution in [0.2, 0.25) is 5.02 Å². The van der Waals surface area contributed by atoms with Gasteiger partial charge in [0.25, 0.3) is 17.4 Å². The largest absolute Gasteiger partial charge is 0.493 e. The second-order valence-electron chi connectivity index (χ2n) is 8.10. The Morgan fingerprint density at radius 2 is 1.69 bits per heavy atom. The van der Waals surface area contributed by atoms with E-state index in [1.165, 1.54) is 20.3 Å². The van der Waals surface area contributed by atoms with Crippen LogP contribution in [0.5, 0.6) is 11.5 Å². The molecule has 0 saturated heterocycles. The van der Waals surface area contributed by atoms with Gasteiger partial charge in [0.1, 0.15) is 5.56 Å². The Bertz CT molecular complexity index is 1530. The van der Waals surface area contributed by atoms with Crippen LogP contribution in [0.3, 0.4) is 0 Å². The first-order valence-electron chi connectivity index (χ1n) is 11.0. The zero-order chi connectivity index (χ0) is 25.8. The summed E-state index contributed by atoms with van der Waals surface area (Å²) in [5.41, 5.74) is 2.25. The lowest BCUT2D eigenvalue weighted by Gasteiger charge is -2.12. The minimum Gasteiger partial charge on any atom is -0.493 e. The fraction of sp³-hybridized carbons (Fsp3) is 0.148. The minimum atomic E-state index is -0.604. The molecule has 36 heavy (non-hydrogen) atoms. The fourth-order valence-electron chi connectivity index (χ4n) is 3.72. The van der Waals surface area contributed by atoms with E-state index < -0.39 is 11.5 Å². The van der Waals surface area contributed by atoms with E-state index in [4.69, 9.17) is 21.1 Å². The predicted octanol–water partition coefficient (Wildman–Crippen LogP) is 4.69. The highest BCUT2D eigenvalue weighted by atomic mass is 35.5. The summed E-state index contributed by atoms with van der Waals surface area (Å²) in [5.74, 6) is 0.0114. The van der Waals surface area contributed by atoms with E-state index in [0.29, 0.717) is 45.2 Å². The summed E-state index contributed by atoms with van der Waals surface area (Å²) in [5, 5.41) is 6.77. The van der Waals surface area contributed by atoms with Crippen molar-refractivity contribution in [3.05, 3.63) is 98.3 Å². The summed E-state index contributed by atoms with van der Waals surface area (Å²) in [6.07, 6.45) is 0. The molecule has 9 heteroatoms. The van der Waals surface area contributed by atoms with Gasteiger partial charge in [-0.25, -0.2) is 0 Å². The third-order valence-electron chi connectivity index (χ3n) is 5.68. The monoisotopic (exact) mass is 505 g/mol. The fourth-order valence-corrected chi connectivity index (χ4v) is 3.93. The number of aryl methyl sites for hydroxylation is 1. The van der Waals surface area contributed by atoms with Gasteiger partial charge in [-0.1, -0.05) is 29.8 Å².